The number of aromatic nitrogens is 3. The van der Waals surface area contributed by atoms with Crippen LogP contribution in [0.15, 0.2) is 36.7 Å². The molecule has 1 amide bonds. The fourth-order valence-electron chi connectivity index (χ4n) is 2.92. The van der Waals surface area contributed by atoms with Crippen molar-refractivity contribution >= 4 is 40.4 Å². The van der Waals surface area contributed by atoms with Crippen LogP contribution in [-0.2, 0) is 6.42 Å². The van der Waals surface area contributed by atoms with Gasteiger partial charge in [-0.3, -0.25) is 9.80 Å². The lowest BCUT2D eigenvalue weighted by Crippen LogP contribution is -2.48. The van der Waals surface area contributed by atoms with Crippen molar-refractivity contribution in [2.45, 2.75) is 6.42 Å². The second-order valence-electron chi connectivity index (χ2n) is 5.54. The molecular weight excluding hydrogens is 349 g/mol. The van der Waals surface area contributed by atoms with Gasteiger partial charge < -0.3 is 0 Å². The predicted molar refractivity (Wildman–Crippen MR) is 92.6 cm³/mol. The first-order valence-corrected chi connectivity index (χ1v) is 8.14. The molecule has 8 heteroatoms. The summed E-state index contributed by atoms with van der Waals surface area (Å²) in [5, 5.41) is 8.94. The van der Waals surface area contributed by atoms with Gasteiger partial charge in [0.05, 0.1) is 16.9 Å². The Balaban J connectivity index is 1.69. The van der Waals surface area contributed by atoms with Crippen LogP contribution in [0.25, 0.3) is 5.65 Å². The number of nitrogens with zero attached hydrogens (tertiary/aromatic N) is 5. The summed E-state index contributed by atoms with van der Waals surface area (Å²) in [6.07, 6.45) is 3.84. The summed E-state index contributed by atoms with van der Waals surface area (Å²) in [6.45, 7) is 0.536. The zero-order valence-corrected chi connectivity index (χ0v) is 14.3. The number of rotatable bonds is 1. The smallest absolute Gasteiger partial charge is 0.285 e. The van der Waals surface area contributed by atoms with Crippen molar-refractivity contribution in [1.82, 2.24) is 19.6 Å². The Morgan fingerprint density at radius 2 is 2.12 bits per heavy atom. The minimum Gasteiger partial charge on any atom is -0.285 e. The van der Waals surface area contributed by atoms with Gasteiger partial charge in [-0.2, -0.15) is 5.10 Å². The Labute approximate surface area is 148 Å². The third-order valence-corrected chi connectivity index (χ3v) is 4.66. The van der Waals surface area contributed by atoms with Crippen molar-refractivity contribution in [2.75, 3.05) is 18.6 Å². The summed E-state index contributed by atoms with van der Waals surface area (Å²) in [5.74, 6) is -0.190. The molecule has 0 unspecified atom stereocenters. The van der Waals surface area contributed by atoms with E-state index in [4.69, 9.17) is 23.2 Å². The monoisotopic (exact) mass is 361 g/mol. The van der Waals surface area contributed by atoms with E-state index in [-0.39, 0.29) is 5.91 Å². The van der Waals surface area contributed by atoms with Gasteiger partial charge in [-0.15, -0.1) is 0 Å². The molecule has 122 valence electrons. The predicted octanol–water partition coefficient (Wildman–Crippen LogP) is 3.09. The Kier molecular flexibility index (Phi) is 3.58. The molecule has 0 atom stereocenters. The van der Waals surface area contributed by atoms with Gasteiger partial charge in [0.15, 0.2) is 11.3 Å². The number of amides is 1. The molecule has 0 bridgehead atoms. The molecule has 0 saturated carbocycles. The van der Waals surface area contributed by atoms with Crippen molar-refractivity contribution in [3.8, 4) is 0 Å². The van der Waals surface area contributed by atoms with E-state index in [2.05, 4.69) is 10.1 Å². The maximum Gasteiger partial charge on any atom is 0.292 e. The molecule has 2 aromatic heterocycles. The summed E-state index contributed by atoms with van der Waals surface area (Å²) in [5.41, 5.74) is 2.87. The molecule has 0 fully saturated rings. The number of hydrogen-bond acceptors (Lipinski definition) is 4. The molecule has 1 aliphatic heterocycles. The van der Waals surface area contributed by atoms with Gasteiger partial charge in [-0.1, -0.05) is 29.3 Å². The largest absolute Gasteiger partial charge is 0.292 e. The SMILES string of the molecule is CN1c2cccc(Cl)c2CCN1C(=O)c1cc2ncc(Cl)cn2n1. The van der Waals surface area contributed by atoms with E-state index in [0.717, 1.165) is 16.3 Å². The van der Waals surface area contributed by atoms with Crippen LogP contribution in [0, 0.1) is 0 Å². The van der Waals surface area contributed by atoms with Gasteiger partial charge in [-0.05, 0) is 24.1 Å². The fourth-order valence-corrected chi connectivity index (χ4v) is 3.33. The van der Waals surface area contributed by atoms with Crippen molar-refractivity contribution in [1.29, 1.82) is 0 Å². The van der Waals surface area contributed by atoms with E-state index in [9.17, 15) is 4.79 Å². The van der Waals surface area contributed by atoms with Crippen LogP contribution >= 0.6 is 23.2 Å². The van der Waals surface area contributed by atoms with Crippen LogP contribution in [0.4, 0.5) is 5.69 Å². The summed E-state index contributed by atoms with van der Waals surface area (Å²) in [4.78, 5) is 17.0. The van der Waals surface area contributed by atoms with Crippen LogP contribution in [0.1, 0.15) is 16.1 Å². The summed E-state index contributed by atoms with van der Waals surface area (Å²) in [6, 6.07) is 7.34. The van der Waals surface area contributed by atoms with Gasteiger partial charge in [0.1, 0.15) is 0 Å². The average molecular weight is 362 g/mol. The van der Waals surface area contributed by atoms with Crippen molar-refractivity contribution < 1.29 is 4.79 Å². The molecule has 0 saturated heterocycles. The summed E-state index contributed by atoms with van der Waals surface area (Å²) < 4.78 is 1.50. The number of fused-ring (bicyclic) bond motifs is 2. The zero-order chi connectivity index (χ0) is 16.8. The third kappa shape index (κ3) is 2.39. The number of carbonyl (C=O) groups is 1. The quantitative estimate of drug-likeness (QED) is 0.668. The molecule has 3 aromatic rings. The first-order valence-electron chi connectivity index (χ1n) is 7.38. The Morgan fingerprint density at radius 3 is 2.96 bits per heavy atom. The number of hydrazine groups is 1. The number of benzene rings is 1. The first kappa shape index (κ1) is 15.2. The van der Waals surface area contributed by atoms with Crippen LogP contribution in [0.2, 0.25) is 10.0 Å². The highest BCUT2D eigenvalue weighted by Crippen LogP contribution is 2.32. The topological polar surface area (TPSA) is 53.7 Å². The lowest BCUT2D eigenvalue weighted by molar-refractivity contribution is 0.0732. The van der Waals surface area contributed by atoms with E-state index >= 15 is 0 Å². The van der Waals surface area contributed by atoms with Crippen LogP contribution in [0.5, 0.6) is 0 Å². The Bertz CT molecular complexity index is 955. The molecule has 1 aromatic carbocycles. The van der Waals surface area contributed by atoms with Gasteiger partial charge >= 0.3 is 0 Å². The van der Waals surface area contributed by atoms with E-state index in [1.54, 1.807) is 17.3 Å². The molecule has 6 nitrogen and oxygen atoms in total. The minimum atomic E-state index is -0.190. The number of hydrogen-bond donors (Lipinski definition) is 0. The van der Waals surface area contributed by atoms with E-state index < -0.39 is 0 Å². The van der Waals surface area contributed by atoms with Gasteiger partial charge in [-0.25, -0.2) is 14.5 Å². The van der Waals surface area contributed by atoms with Crippen LogP contribution < -0.4 is 5.01 Å². The van der Waals surface area contributed by atoms with Gasteiger partial charge in [0.2, 0.25) is 0 Å². The molecule has 0 aliphatic carbocycles. The van der Waals surface area contributed by atoms with Gasteiger partial charge in [0, 0.05) is 30.9 Å². The van der Waals surface area contributed by atoms with Crippen molar-refractivity contribution in [3.63, 3.8) is 0 Å². The second kappa shape index (κ2) is 5.65. The van der Waals surface area contributed by atoms with E-state index in [0.29, 0.717) is 29.3 Å². The molecule has 24 heavy (non-hydrogen) atoms. The maximum atomic E-state index is 12.9. The number of halogens is 2. The molecule has 1 aliphatic rings. The molecule has 0 spiro atoms. The van der Waals surface area contributed by atoms with Crippen molar-refractivity contribution in [2.24, 2.45) is 0 Å². The van der Waals surface area contributed by atoms with Crippen molar-refractivity contribution in [3.05, 3.63) is 58.0 Å². The van der Waals surface area contributed by atoms with Crippen LogP contribution in [-0.4, -0.2) is 39.1 Å². The van der Waals surface area contributed by atoms with E-state index in [1.807, 2.05) is 30.3 Å². The van der Waals surface area contributed by atoms with Gasteiger partial charge in [0.25, 0.3) is 5.91 Å². The number of anilines is 1. The Morgan fingerprint density at radius 1 is 1.29 bits per heavy atom. The van der Waals surface area contributed by atoms with E-state index in [1.165, 1.54) is 10.7 Å². The zero-order valence-electron chi connectivity index (χ0n) is 12.8. The minimum absolute atomic E-state index is 0.190. The number of carbonyl (C=O) groups excluding carboxylic acids is 1. The lowest BCUT2D eigenvalue weighted by Gasteiger charge is -2.38. The molecule has 3 heterocycles. The Hall–Kier alpha value is -2.31. The molecule has 0 N–H and O–H groups in total. The lowest BCUT2D eigenvalue weighted by atomic mass is 10.1. The molecular formula is C16H13Cl2N5O. The highest BCUT2D eigenvalue weighted by atomic mass is 35.5. The maximum absolute atomic E-state index is 12.9. The summed E-state index contributed by atoms with van der Waals surface area (Å²) >= 11 is 12.2. The molecule has 0 radical (unpaired) electrons. The second-order valence-corrected chi connectivity index (χ2v) is 6.39. The highest BCUT2D eigenvalue weighted by Gasteiger charge is 2.29. The highest BCUT2D eigenvalue weighted by molar-refractivity contribution is 6.31. The average Bonchev–Trinajstić information content (AvgIpc) is 2.98. The third-order valence-electron chi connectivity index (χ3n) is 4.11. The summed E-state index contributed by atoms with van der Waals surface area (Å²) in [7, 11) is 1.84. The first-order chi connectivity index (χ1) is 11.5. The van der Waals surface area contributed by atoms with Crippen LogP contribution in [0.3, 0.4) is 0 Å². The standard InChI is InChI=1S/C16H13Cl2N5O/c1-21-14-4-2-3-12(18)11(14)5-6-23(21)16(24)13-7-15-19-8-10(17)9-22(15)20-13/h2-4,7-9H,5-6H2,1H3. The molecule has 4 rings (SSSR count). The fraction of sp³-hybridized carbons (Fsp3) is 0.188. The normalized spacial score (nSPS) is 14.1.